The second-order valence-corrected chi connectivity index (χ2v) is 7.69. The third kappa shape index (κ3) is 3.91. The van der Waals surface area contributed by atoms with Crippen LogP contribution in [0.4, 0.5) is 17.6 Å². The van der Waals surface area contributed by atoms with Crippen LogP contribution in [-0.2, 0) is 16.1 Å². The van der Waals surface area contributed by atoms with Crippen molar-refractivity contribution in [3.8, 4) is 11.1 Å². The second-order valence-electron chi connectivity index (χ2n) is 7.33. The van der Waals surface area contributed by atoms with Crippen molar-refractivity contribution < 1.29 is 27.2 Å². The van der Waals surface area contributed by atoms with Crippen molar-refractivity contribution in [2.75, 3.05) is 0 Å². The van der Waals surface area contributed by atoms with Crippen LogP contribution in [0.1, 0.15) is 19.5 Å². The van der Waals surface area contributed by atoms with E-state index >= 15 is 0 Å². The van der Waals surface area contributed by atoms with Gasteiger partial charge in [0.1, 0.15) is 28.3 Å². The van der Waals surface area contributed by atoms with Gasteiger partial charge in [-0.3, -0.25) is 14.6 Å². The fourth-order valence-corrected chi connectivity index (χ4v) is 3.26. The number of benzene rings is 1. The summed E-state index contributed by atoms with van der Waals surface area (Å²) in [5, 5.41) is 1.95. The van der Waals surface area contributed by atoms with Crippen LogP contribution in [0.3, 0.4) is 0 Å². The summed E-state index contributed by atoms with van der Waals surface area (Å²) in [6.07, 6.45) is -4.73. The Labute approximate surface area is 173 Å². The molecule has 0 spiro atoms. The van der Waals surface area contributed by atoms with E-state index in [1.807, 2.05) is 5.32 Å². The lowest BCUT2D eigenvalue weighted by Gasteiger charge is -2.30. The Bertz CT molecular complexity index is 1060. The van der Waals surface area contributed by atoms with Crippen LogP contribution in [0, 0.1) is 5.82 Å². The van der Waals surface area contributed by atoms with Gasteiger partial charge in [-0.05, 0) is 37.6 Å². The molecule has 2 heterocycles. The first-order chi connectivity index (χ1) is 13.8. The van der Waals surface area contributed by atoms with Gasteiger partial charge in [-0.15, -0.1) is 0 Å². The lowest BCUT2D eigenvalue weighted by Crippen LogP contribution is -2.56. The van der Waals surface area contributed by atoms with Crippen molar-refractivity contribution >= 4 is 29.1 Å². The predicted octanol–water partition coefficient (Wildman–Crippen LogP) is 3.06. The van der Waals surface area contributed by atoms with Crippen LogP contribution in [0.5, 0.6) is 0 Å². The highest BCUT2D eigenvalue weighted by Gasteiger charge is 2.49. The highest BCUT2D eigenvalue weighted by molar-refractivity contribution is 6.46. The molecule has 0 saturated carbocycles. The number of carbonyl (C=O) groups excluding carboxylic acids is 2. The van der Waals surface area contributed by atoms with Gasteiger partial charge in [0.15, 0.2) is 0 Å². The van der Waals surface area contributed by atoms with Crippen LogP contribution in [-0.4, -0.2) is 39.9 Å². The maximum Gasteiger partial charge on any atom is 0.410 e. The minimum Gasteiger partial charge on any atom is -0.368 e. The molecule has 11 heteroatoms. The number of amides is 2. The van der Waals surface area contributed by atoms with Crippen LogP contribution in [0.25, 0.3) is 11.1 Å². The molecule has 0 bridgehead atoms. The standard InChI is InChI=1S/C19H17ClF4N4O2/c1-18(2,19(22,23)24)27-17(30)14-13-7-11(9-4-3-5-10(21)6-9)15(20)28(13)8-12(26-14)16(25)29/h3-7,12H,8H2,1-2H3,(H2,25,29)(H,27,30). The summed E-state index contributed by atoms with van der Waals surface area (Å²) in [5.41, 5.74) is 3.12. The number of aliphatic imine (C=N–C) groups is 1. The number of hydrogen-bond donors (Lipinski definition) is 2. The van der Waals surface area contributed by atoms with Gasteiger partial charge in [0.25, 0.3) is 5.91 Å². The van der Waals surface area contributed by atoms with Crippen molar-refractivity contribution in [2.24, 2.45) is 10.7 Å². The molecule has 30 heavy (non-hydrogen) atoms. The molecule has 0 aliphatic carbocycles. The molecule has 1 aromatic heterocycles. The molecular weight excluding hydrogens is 428 g/mol. The Morgan fingerprint density at radius 3 is 2.50 bits per heavy atom. The maximum absolute atomic E-state index is 13.6. The number of nitrogens with one attached hydrogen (secondary N) is 1. The average Bonchev–Trinajstić information content (AvgIpc) is 2.96. The molecule has 1 aliphatic rings. The van der Waals surface area contributed by atoms with Gasteiger partial charge in [0.05, 0.1) is 12.2 Å². The molecule has 1 unspecified atom stereocenters. The Kier molecular flexibility index (Phi) is 5.40. The molecule has 6 nitrogen and oxygen atoms in total. The smallest absolute Gasteiger partial charge is 0.368 e. The highest BCUT2D eigenvalue weighted by Crippen LogP contribution is 2.35. The number of halogens is 5. The van der Waals surface area contributed by atoms with Crippen molar-refractivity contribution in [2.45, 2.75) is 38.1 Å². The minimum atomic E-state index is -4.73. The lowest BCUT2D eigenvalue weighted by atomic mass is 10.0. The van der Waals surface area contributed by atoms with E-state index in [0.717, 1.165) is 13.8 Å². The van der Waals surface area contributed by atoms with Crippen molar-refractivity contribution in [1.29, 1.82) is 0 Å². The molecule has 0 saturated heterocycles. The topological polar surface area (TPSA) is 89.5 Å². The third-order valence-corrected chi connectivity index (χ3v) is 5.14. The van der Waals surface area contributed by atoms with Gasteiger partial charge in [0.2, 0.25) is 5.91 Å². The Balaban J connectivity index is 2.09. The summed E-state index contributed by atoms with van der Waals surface area (Å²) < 4.78 is 54.6. The minimum absolute atomic E-state index is 0.0668. The number of aromatic nitrogens is 1. The van der Waals surface area contributed by atoms with Crippen LogP contribution < -0.4 is 11.1 Å². The summed E-state index contributed by atoms with van der Waals surface area (Å²) in [6, 6.07) is 5.67. The van der Waals surface area contributed by atoms with Crippen LogP contribution in [0.2, 0.25) is 5.15 Å². The zero-order valence-electron chi connectivity index (χ0n) is 15.8. The molecular formula is C19H17ClF4N4O2. The summed E-state index contributed by atoms with van der Waals surface area (Å²) in [5.74, 6) is -2.55. The number of alkyl halides is 3. The first kappa shape index (κ1) is 21.8. The van der Waals surface area contributed by atoms with Gasteiger partial charge >= 0.3 is 6.18 Å². The summed E-state index contributed by atoms with van der Waals surface area (Å²) in [7, 11) is 0. The van der Waals surface area contributed by atoms with Gasteiger partial charge in [-0.2, -0.15) is 13.2 Å². The average molecular weight is 445 g/mol. The number of fused-ring (bicyclic) bond motifs is 1. The van der Waals surface area contributed by atoms with E-state index in [2.05, 4.69) is 4.99 Å². The molecule has 1 aliphatic heterocycles. The first-order valence-corrected chi connectivity index (χ1v) is 9.11. The maximum atomic E-state index is 13.6. The first-order valence-electron chi connectivity index (χ1n) is 8.73. The number of nitrogens with zero attached hydrogens (tertiary/aromatic N) is 2. The number of primary amides is 1. The summed E-state index contributed by atoms with van der Waals surface area (Å²) in [4.78, 5) is 28.4. The Morgan fingerprint density at radius 1 is 1.27 bits per heavy atom. The Hall–Kier alpha value is -2.88. The van der Waals surface area contributed by atoms with Gasteiger partial charge in [-0.1, -0.05) is 23.7 Å². The van der Waals surface area contributed by atoms with Crippen LogP contribution >= 0.6 is 11.6 Å². The predicted molar refractivity (Wildman–Crippen MR) is 103 cm³/mol. The van der Waals surface area contributed by atoms with E-state index in [1.54, 1.807) is 6.07 Å². The molecule has 0 radical (unpaired) electrons. The van der Waals surface area contributed by atoms with Crippen molar-refractivity contribution in [3.63, 3.8) is 0 Å². The second kappa shape index (κ2) is 7.42. The fraction of sp³-hybridized carbons (Fsp3) is 0.316. The summed E-state index contributed by atoms with van der Waals surface area (Å²) >= 11 is 6.40. The molecule has 3 N–H and O–H groups in total. The van der Waals surface area contributed by atoms with E-state index in [4.69, 9.17) is 17.3 Å². The highest BCUT2D eigenvalue weighted by atomic mass is 35.5. The van der Waals surface area contributed by atoms with E-state index in [9.17, 15) is 27.2 Å². The molecule has 1 aromatic carbocycles. The van der Waals surface area contributed by atoms with E-state index in [-0.39, 0.29) is 17.4 Å². The lowest BCUT2D eigenvalue weighted by molar-refractivity contribution is -0.187. The van der Waals surface area contributed by atoms with Crippen LogP contribution in [0.15, 0.2) is 35.3 Å². The third-order valence-electron chi connectivity index (χ3n) is 4.73. The van der Waals surface area contributed by atoms with E-state index < -0.39 is 41.1 Å². The number of nitrogens with two attached hydrogens (primary N) is 1. The zero-order chi connectivity index (χ0) is 22.4. The molecule has 2 aromatic rings. The fourth-order valence-electron chi connectivity index (χ4n) is 2.94. The SMILES string of the molecule is CC(C)(NC(=O)C1=NC(C(N)=O)Cn2c1cc(-c1cccc(F)c1)c2Cl)C(F)(F)F. The van der Waals surface area contributed by atoms with E-state index in [1.165, 1.54) is 28.8 Å². The number of hydrogen-bond acceptors (Lipinski definition) is 3. The quantitative estimate of drug-likeness (QED) is 0.710. The largest absolute Gasteiger partial charge is 0.410 e. The molecule has 2 amide bonds. The molecule has 160 valence electrons. The summed E-state index contributed by atoms with van der Waals surface area (Å²) in [6.45, 7) is 1.48. The zero-order valence-corrected chi connectivity index (χ0v) is 16.6. The van der Waals surface area contributed by atoms with Gasteiger partial charge in [-0.25, -0.2) is 4.39 Å². The van der Waals surface area contributed by atoms with Crippen molar-refractivity contribution in [1.82, 2.24) is 9.88 Å². The monoisotopic (exact) mass is 444 g/mol. The number of carbonyl (C=O) groups is 2. The van der Waals surface area contributed by atoms with Gasteiger partial charge < -0.3 is 15.6 Å². The Morgan fingerprint density at radius 2 is 1.93 bits per heavy atom. The normalized spacial score (nSPS) is 16.6. The number of rotatable bonds is 4. The molecule has 0 fully saturated rings. The van der Waals surface area contributed by atoms with Gasteiger partial charge in [0, 0.05) is 5.56 Å². The van der Waals surface area contributed by atoms with Crippen molar-refractivity contribution in [3.05, 3.63) is 47.0 Å². The molecule has 3 rings (SSSR count). The van der Waals surface area contributed by atoms with E-state index in [0.29, 0.717) is 11.1 Å². The molecule has 1 atom stereocenters.